The summed E-state index contributed by atoms with van der Waals surface area (Å²) in [5.74, 6) is 0.686. The largest absolute Gasteiger partial charge is 0.359 e. The number of pyridine rings is 2. The molecule has 114 valence electrons. The summed E-state index contributed by atoms with van der Waals surface area (Å²) in [6.45, 7) is 4.83. The minimum atomic E-state index is -0.143. The molecule has 0 saturated carbocycles. The molecule has 22 heavy (non-hydrogen) atoms. The second-order valence-electron chi connectivity index (χ2n) is 4.90. The number of carbonyl (C=O) groups excluding carboxylic acids is 1. The van der Waals surface area contributed by atoms with E-state index in [9.17, 15) is 4.79 Å². The molecule has 0 fully saturated rings. The topological polar surface area (TPSA) is 58.1 Å². The standard InChI is InChI=1S/C17H20N4O/c1-3-10-19-17(22)14-7-8-16(20-13-14)21(2)12-9-15-6-4-5-11-18-15/h3-8,11,13H,1,9-10,12H2,2H3,(H,19,22). The zero-order valence-corrected chi connectivity index (χ0v) is 12.7. The van der Waals surface area contributed by atoms with Gasteiger partial charge in [0.2, 0.25) is 0 Å². The lowest BCUT2D eigenvalue weighted by Crippen LogP contribution is -2.24. The van der Waals surface area contributed by atoms with E-state index in [1.54, 1.807) is 24.5 Å². The van der Waals surface area contributed by atoms with Crippen LogP contribution in [0.15, 0.2) is 55.4 Å². The molecule has 0 aliphatic carbocycles. The smallest absolute Gasteiger partial charge is 0.253 e. The number of nitrogens with zero attached hydrogens (tertiary/aromatic N) is 3. The number of hydrogen-bond acceptors (Lipinski definition) is 4. The first kappa shape index (κ1) is 15.7. The molecule has 0 aliphatic heterocycles. The first-order valence-electron chi connectivity index (χ1n) is 7.17. The molecule has 5 heteroatoms. The Bertz CT molecular complexity index is 610. The number of rotatable bonds is 7. The molecule has 2 heterocycles. The van der Waals surface area contributed by atoms with Crippen LogP contribution in [0.1, 0.15) is 16.1 Å². The Balaban J connectivity index is 1.91. The Hall–Kier alpha value is -2.69. The van der Waals surface area contributed by atoms with Crippen LogP contribution in [0.3, 0.4) is 0 Å². The monoisotopic (exact) mass is 296 g/mol. The van der Waals surface area contributed by atoms with Gasteiger partial charge in [0.15, 0.2) is 0 Å². The molecule has 1 N–H and O–H groups in total. The van der Waals surface area contributed by atoms with Gasteiger partial charge < -0.3 is 10.2 Å². The summed E-state index contributed by atoms with van der Waals surface area (Å²) in [4.78, 5) is 22.5. The van der Waals surface area contributed by atoms with Crippen molar-refractivity contribution in [3.05, 3.63) is 66.6 Å². The van der Waals surface area contributed by atoms with Crippen LogP contribution in [0.5, 0.6) is 0 Å². The van der Waals surface area contributed by atoms with E-state index in [4.69, 9.17) is 0 Å². The molecule has 5 nitrogen and oxygen atoms in total. The number of carbonyl (C=O) groups is 1. The summed E-state index contributed by atoms with van der Waals surface area (Å²) in [6.07, 6.45) is 5.88. The third-order valence-electron chi connectivity index (χ3n) is 3.24. The van der Waals surface area contributed by atoms with Crippen molar-refractivity contribution in [3.63, 3.8) is 0 Å². The van der Waals surface area contributed by atoms with E-state index in [1.165, 1.54) is 0 Å². The Kier molecular flexibility index (Phi) is 5.65. The van der Waals surface area contributed by atoms with E-state index < -0.39 is 0 Å². The molecule has 2 aromatic rings. The molecule has 0 atom stereocenters. The molecule has 0 aliphatic rings. The third kappa shape index (κ3) is 4.41. The zero-order valence-electron chi connectivity index (χ0n) is 12.7. The number of aromatic nitrogens is 2. The zero-order chi connectivity index (χ0) is 15.8. The van der Waals surface area contributed by atoms with Crippen LogP contribution in [-0.2, 0) is 6.42 Å². The van der Waals surface area contributed by atoms with Crippen molar-refractivity contribution >= 4 is 11.7 Å². The molecule has 0 radical (unpaired) electrons. The number of amides is 1. The van der Waals surface area contributed by atoms with Gasteiger partial charge in [-0.2, -0.15) is 0 Å². The summed E-state index contributed by atoms with van der Waals surface area (Å²) in [6, 6.07) is 9.52. The van der Waals surface area contributed by atoms with Crippen LogP contribution in [-0.4, -0.2) is 36.0 Å². The molecule has 0 spiro atoms. The fraction of sp³-hybridized carbons (Fsp3) is 0.235. The van der Waals surface area contributed by atoms with Gasteiger partial charge in [-0.1, -0.05) is 12.1 Å². The van der Waals surface area contributed by atoms with E-state index in [-0.39, 0.29) is 5.91 Å². The maximum absolute atomic E-state index is 11.8. The van der Waals surface area contributed by atoms with Crippen LogP contribution in [0.4, 0.5) is 5.82 Å². The lowest BCUT2D eigenvalue weighted by Gasteiger charge is -2.18. The van der Waals surface area contributed by atoms with Crippen LogP contribution in [0, 0.1) is 0 Å². The van der Waals surface area contributed by atoms with Crippen LogP contribution < -0.4 is 10.2 Å². The van der Waals surface area contributed by atoms with Gasteiger partial charge in [-0.25, -0.2) is 4.98 Å². The van der Waals surface area contributed by atoms with Gasteiger partial charge in [0.25, 0.3) is 5.91 Å². The summed E-state index contributed by atoms with van der Waals surface area (Å²) >= 11 is 0. The Labute approximate surface area is 130 Å². The van der Waals surface area contributed by atoms with Crippen molar-refractivity contribution in [3.8, 4) is 0 Å². The van der Waals surface area contributed by atoms with Crippen molar-refractivity contribution in [1.82, 2.24) is 15.3 Å². The average Bonchev–Trinajstić information content (AvgIpc) is 2.58. The van der Waals surface area contributed by atoms with E-state index >= 15 is 0 Å². The first-order valence-corrected chi connectivity index (χ1v) is 7.17. The molecule has 0 aromatic carbocycles. The normalized spacial score (nSPS) is 10.0. The molecule has 2 rings (SSSR count). The van der Waals surface area contributed by atoms with Gasteiger partial charge in [0, 0.05) is 44.6 Å². The lowest BCUT2D eigenvalue weighted by atomic mass is 10.2. The minimum Gasteiger partial charge on any atom is -0.359 e. The third-order valence-corrected chi connectivity index (χ3v) is 3.24. The van der Waals surface area contributed by atoms with E-state index in [0.29, 0.717) is 12.1 Å². The number of nitrogens with one attached hydrogen (secondary N) is 1. The Morgan fingerprint density at radius 1 is 1.32 bits per heavy atom. The van der Waals surface area contributed by atoms with Crippen molar-refractivity contribution < 1.29 is 4.79 Å². The van der Waals surface area contributed by atoms with Gasteiger partial charge in [-0.15, -0.1) is 6.58 Å². The summed E-state index contributed by atoms with van der Waals surface area (Å²) in [7, 11) is 1.97. The highest BCUT2D eigenvalue weighted by Gasteiger charge is 2.07. The molecule has 0 unspecified atom stereocenters. The molecule has 0 bridgehead atoms. The molecular weight excluding hydrogens is 276 g/mol. The molecular formula is C17H20N4O. The van der Waals surface area contributed by atoms with Crippen LogP contribution in [0.2, 0.25) is 0 Å². The van der Waals surface area contributed by atoms with E-state index in [2.05, 4.69) is 21.9 Å². The van der Waals surface area contributed by atoms with Gasteiger partial charge in [-0.3, -0.25) is 9.78 Å². The number of anilines is 1. The van der Waals surface area contributed by atoms with Gasteiger partial charge >= 0.3 is 0 Å². The Morgan fingerprint density at radius 2 is 2.18 bits per heavy atom. The highest BCUT2D eigenvalue weighted by atomic mass is 16.1. The van der Waals surface area contributed by atoms with Crippen molar-refractivity contribution in [1.29, 1.82) is 0 Å². The Morgan fingerprint density at radius 3 is 2.82 bits per heavy atom. The summed E-state index contributed by atoms with van der Waals surface area (Å²) < 4.78 is 0. The number of hydrogen-bond donors (Lipinski definition) is 1. The van der Waals surface area contributed by atoms with Crippen molar-refractivity contribution in [2.45, 2.75) is 6.42 Å². The van der Waals surface area contributed by atoms with Crippen molar-refractivity contribution in [2.24, 2.45) is 0 Å². The molecule has 0 saturated heterocycles. The van der Waals surface area contributed by atoms with E-state index in [1.807, 2.05) is 36.2 Å². The summed E-state index contributed by atoms with van der Waals surface area (Å²) in [5, 5.41) is 2.73. The highest BCUT2D eigenvalue weighted by Crippen LogP contribution is 2.10. The second kappa shape index (κ2) is 7.93. The van der Waals surface area contributed by atoms with Gasteiger partial charge in [-0.05, 0) is 24.3 Å². The second-order valence-corrected chi connectivity index (χ2v) is 4.90. The first-order chi connectivity index (χ1) is 10.7. The highest BCUT2D eigenvalue weighted by molar-refractivity contribution is 5.94. The fourth-order valence-corrected chi connectivity index (χ4v) is 1.96. The maximum atomic E-state index is 11.8. The van der Waals surface area contributed by atoms with Crippen LogP contribution in [0.25, 0.3) is 0 Å². The van der Waals surface area contributed by atoms with Gasteiger partial charge in [0.05, 0.1) is 5.56 Å². The minimum absolute atomic E-state index is 0.143. The SMILES string of the molecule is C=CCNC(=O)c1ccc(N(C)CCc2ccccn2)nc1. The maximum Gasteiger partial charge on any atom is 0.253 e. The fourth-order valence-electron chi connectivity index (χ4n) is 1.96. The predicted octanol–water partition coefficient (Wildman–Crippen LogP) is 2.07. The summed E-state index contributed by atoms with van der Waals surface area (Å²) in [5.41, 5.74) is 1.60. The van der Waals surface area contributed by atoms with Gasteiger partial charge in [0.1, 0.15) is 5.82 Å². The van der Waals surface area contributed by atoms with Crippen molar-refractivity contribution in [2.75, 3.05) is 25.0 Å². The predicted molar refractivity (Wildman–Crippen MR) is 88.0 cm³/mol. The van der Waals surface area contributed by atoms with E-state index in [0.717, 1.165) is 24.5 Å². The molecule has 1 amide bonds. The quantitative estimate of drug-likeness (QED) is 0.795. The lowest BCUT2D eigenvalue weighted by molar-refractivity contribution is 0.0957. The van der Waals surface area contributed by atoms with Crippen LogP contribution >= 0.6 is 0 Å². The number of likely N-dealkylation sites (N-methyl/N-ethyl adjacent to an activating group) is 1. The average molecular weight is 296 g/mol. The molecule has 2 aromatic heterocycles.